The summed E-state index contributed by atoms with van der Waals surface area (Å²) < 4.78 is 10.7. The van der Waals surface area contributed by atoms with Crippen LogP contribution in [0.4, 0.5) is 0 Å². The quantitative estimate of drug-likeness (QED) is 0.672. The molecule has 3 heteroatoms. The Bertz CT molecular complexity index is 323. The first-order chi connectivity index (χ1) is 6.77. The second kappa shape index (κ2) is 3.90. The molecule has 3 nitrogen and oxygen atoms in total. The lowest BCUT2D eigenvalue weighted by Gasteiger charge is -2.08. The summed E-state index contributed by atoms with van der Waals surface area (Å²) in [6.07, 6.45) is -0.254. The highest BCUT2D eigenvalue weighted by atomic mass is 16.7. The van der Waals surface area contributed by atoms with Crippen LogP contribution in [0.5, 0.6) is 0 Å². The van der Waals surface area contributed by atoms with Gasteiger partial charge in [0.15, 0.2) is 12.1 Å². The first-order valence-corrected chi connectivity index (χ1v) is 4.61. The Balaban J connectivity index is 2.16. The average Bonchev–Trinajstić information content (AvgIpc) is 2.71. The molecule has 0 bridgehead atoms. The number of ketones is 1. The van der Waals surface area contributed by atoms with Crippen LogP contribution in [-0.2, 0) is 9.47 Å². The third-order valence-corrected chi connectivity index (χ3v) is 2.21. The standard InChI is InChI=1S/C11H12O3/c1-8(12)9-2-4-10(5-3-9)11-13-6-7-14-11/h2-5,11H,6-7H2,1H3. The zero-order valence-corrected chi connectivity index (χ0v) is 8.03. The number of benzene rings is 1. The van der Waals surface area contributed by atoms with Gasteiger partial charge in [-0.1, -0.05) is 24.3 Å². The minimum atomic E-state index is -0.254. The summed E-state index contributed by atoms with van der Waals surface area (Å²) in [5.74, 6) is 0.0739. The lowest BCUT2D eigenvalue weighted by Crippen LogP contribution is -1.99. The molecule has 0 radical (unpaired) electrons. The SMILES string of the molecule is CC(=O)c1ccc(C2OCCO2)cc1. The van der Waals surface area contributed by atoms with Crippen molar-refractivity contribution < 1.29 is 14.3 Å². The van der Waals surface area contributed by atoms with Crippen LogP contribution >= 0.6 is 0 Å². The Kier molecular flexibility index (Phi) is 2.61. The summed E-state index contributed by atoms with van der Waals surface area (Å²) in [4.78, 5) is 11.0. The van der Waals surface area contributed by atoms with Crippen molar-refractivity contribution in [3.8, 4) is 0 Å². The Morgan fingerprint density at radius 1 is 1.21 bits per heavy atom. The number of rotatable bonds is 2. The fourth-order valence-corrected chi connectivity index (χ4v) is 1.43. The van der Waals surface area contributed by atoms with Gasteiger partial charge in [-0.3, -0.25) is 4.79 Å². The van der Waals surface area contributed by atoms with E-state index in [1.807, 2.05) is 12.1 Å². The van der Waals surface area contributed by atoms with Crippen LogP contribution in [0.1, 0.15) is 29.1 Å². The summed E-state index contributed by atoms with van der Waals surface area (Å²) in [7, 11) is 0. The van der Waals surface area contributed by atoms with Crippen LogP contribution in [0.25, 0.3) is 0 Å². The van der Waals surface area contributed by atoms with Gasteiger partial charge >= 0.3 is 0 Å². The smallest absolute Gasteiger partial charge is 0.184 e. The molecular formula is C11H12O3. The van der Waals surface area contributed by atoms with Crippen LogP contribution in [0.15, 0.2) is 24.3 Å². The number of carbonyl (C=O) groups is 1. The van der Waals surface area contributed by atoms with Gasteiger partial charge in [0.05, 0.1) is 13.2 Å². The van der Waals surface area contributed by atoms with E-state index < -0.39 is 0 Å². The van der Waals surface area contributed by atoms with Gasteiger partial charge in [0.2, 0.25) is 0 Å². The molecule has 14 heavy (non-hydrogen) atoms. The molecule has 2 rings (SSSR count). The van der Waals surface area contributed by atoms with Crippen LogP contribution < -0.4 is 0 Å². The zero-order valence-electron chi connectivity index (χ0n) is 8.03. The number of hydrogen-bond donors (Lipinski definition) is 0. The van der Waals surface area contributed by atoms with Crippen molar-refractivity contribution in [3.63, 3.8) is 0 Å². The topological polar surface area (TPSA) is 35.5 Å². The fraction of sp³-hybridized carbons (Fsp3) is 0.364. The molecule has 0 aliphatic carbocycles. The average molecular weight is 192 g/mol. The maximum atomic E-state index is 11.0. The second-order valence-electron chi connectivity index (χ2n) is 3.25. The second-order valence-corrected chi connectivity index (χ2v) is 3.25. The molecule has 1 aromatic rings. The molecule has 1 heterocycles. The minimum Gasteiger partial charge on any atom is -0.346 e. The Hall–Kier alpha value is -1.19. The normalized spacial score (nSPS) is 17.2. The van der Waals surface area contributed by atoms with E-state index in [0.717, 1.165) is 5.56 Å². The third-order valence-electron chi connectivity index (χ3n) is 2.21. The maximum Gasteiger partial charge on any atom is 0.184 e. The van der Waals surface area contributed by atoms with Crippen molar-refractivity contribution in [3.05, 3.63) is 35.4 Å². The summed E-state index contributed by atoms with van der Waals surface area (Å²) in [6, 6.07) is 7.32. The molecule has 1 aliphatic heterocycles. The van der Waals surface area contributed by atoms with Gasteiger partial charge in [0.1, 0.15) is 0 Å². The molecule has 0 atom stereocenters. The number of hydrogen-bond acceptors (Lipinski definition) is 3. The molecule has 74 valence electrons. The van der Waals surface area contributed by atoms with E-state index in [1.165, 1.54) is 0 Å². The van der Waals surface area contributed by atoms with Crippen LogP contribution in [0, 0.1) is 0 Å². The van der Waals surface area contributed by atoms with Gasteiger partial charge in [-0.05, 0) is 6.92 Å². The van der Waals surface area contributed by atoms with Gasteiger partial charge in [-0.25, -0.2) is 0 Å². The van der Waals surface area contributed by atoms with Gasteiger partial charge in [0.25, 0.3) is 0 Å². The highest BCUT2D eigenvalue weighted by Crippen LogP contribution is 2.23. The molecule has 1 aliphatic rings. The molecule has 1 aromatic carbocycles. The van der Waals surface area contributed by atoms with Gasteiger partial charge < -0.3 is 9.47 Å². The summed E-state index contributed by atoms with van der Waals surface area (Å²) in [6.45, 7) is 2.83. The fourth-order valence-electron chi connectivity index (χ4n) is 1.43. The van der Waals surface area contributed by atoms with Crippen molar-refractivity contribution in [2.45, 2.75) is 13.2 Å². The van der Waals surface area contributed by atoms with E-state index in [9.17, 15) is 4.79 Å². The van der Waals surface area contributed by atoms with Crippen LogP contribution in [0.3, 0.4) is 0 Å². The van der Waals surface area contributed by atoms with E-state index in [2.05, 4.69) is 0 Å². The predicted molar refractivity (Wildman–Crippen MR) is 51.1 cm³/mol. The Labute approximate surface area is 82.6 Å². The first kappa shape index (κ1) is 9.37. The largest absolute Gasteiger partial charge is 0.346 e. The minimum absolute atomic E-state index is 0.0739. The van der Waals surface area contributed by atoms with Gasteiger partial charge in [0, 0.05) is 11.1 Å². The van der Waals surface area contributed by atoms with Gasteiger partial charge in [-0.15, -0.1) is 0 Å². The lowest BCUT2D eigenvalue weighted by molar-refractivity contribution is -0.0441. The van der Waals surface area contributed by atoms with Crippen molar-refractivity contribution in [2.24, 2.45) is 0 Å². The summed E-state index contributed by atoms with van der Waals surface area (Å²) >= 11 is 0. The number of carbonyl (C=O) groups excluding carboxylic acids is 1. The van der Waals surface area contributed by atoms with Crippen molar-refractivity contribution in [1.29, 1.82) is 0 Å². The maximum absolute atomic E-state index is 11.0. The van der Waals surface area contributed by atoms with E-state index in [4.69, 9.17) is 9.47 Å². The highest BCUT2D eigenvalue weighted by molar-refractivity contribution is 5.93. The molecule has 0 N–H and O–H groups in total. The Morgan fingerprint density at radius 2 is 1.79 bits per heavy atom. The zero-order chi connectivity index (χ0) is 9.97. The van der Waals surface area contributed by atoms with E-state index in [1.54, 1.807) is 19.1 Å². The van der Waals surface area contributed by atoms with Crippen LogP contribution in [-0.4, -0.2) is 19.0 Å². The van der Waals surface area contributed by atoms with Crippen molar-refractivity contribution in [2.75, 3.05) is 13.2 Å². The predicted octanol–water partition coefficient (Wildman–Crippen LogP) is 1.93. The molecule has 0 amide bonds. The molecule has 0 aromatic heterocycles. The van der Waals surface area contributed by atoms with Crippen molar-refractivity contribution >= 4 is 5.78 Å². The molecular weight excluding hydrogens is 180 g/mol. The van der Waals surface area contributed by atoms with E-state index >= 15 is 0 Å². The van der Waals surface area contributed by atoms with Gasteiger partial charge in [-0.2, -0.15) is 0 Å². The number of Topliss-reactive ketones (excluding diaryl/α,β-unsaturated/α-hetero) is 1. The monoisotopic (exact) mass is 192 g/mol. The molecule has 0 spiro atoms. The molecule has 1 fully saturated rings. The van der Waals surface area contributed by atoms with Crippen LogP contribution in [0.2, 0.25) is 0 Å². The summed E-state index contributed by atoms with van der Waals surface area (Å²) in [5.41, 5.74) is 1.68. The molecule has 0 unspecified atom stereocenters. The number of ether oxygens (including phenoxy) is 2. The Morgan fingerprint density at radius 3 is 2.29 bits per heavy atom. The summed E-state index contributed by atoms with van der Waals surface area (Å²) in [5, 5.41) is 0. The lowest BCUT2D eigenvalue weighted by atomic mass is 10.1. The van der Waals surface area contributed by atoms with E-state index in [-0.39, 0.29) is 12.1 Å². The van der Waals surface area contributed by atoms with E-state index in [0.29, 0.717) is 18.8 Å². The first-order valence-electron chi connectivity index (χ1n) is 4.61. The highest BCUT2D eigenvalue weighted by Gasteiger charge is 2.17. The molecule has 1 saturated heterocycles. The third kappa shape index (κ3) is 1.84. The molecule has 0 saturated carbocycles. The van der Waals surface area contributed by atoms with Crippen molar-refractivity contribution in [1.82, 2.24) is 0 Å².